The van der Waals surface area contributed by atoms with Gasteiger partial charge in [0.15, 0.2) is 11.5 Å². The van der Waals surface area contributed by atoms with Crippen LogP contribution in [0.25, 0.3) is 0 Å². The lowest BCUT2D eigenvalue weighted by molar-refractivity contribution is -0.911. The first-order valence-electron chi connectivity index (χ1n) is 14.3. The average Bonchev–Trinajstić information content (AvgIpc) is 3.60. The lowest BCUT2D eigenvalue weighted by atomic mass is 10.0. The van der Waals surface area contributed by atoms with Crippen molar-refractivity contribution in [3.05, 3.63) is 83.4 Å². The lowest BCUT2D eigenvalue weighted by Gasteiger charge is -2.30. The van der Waals surface area contributed by atoms with Gasteiger partial charge >= 0.3 is 12.0 Å². The molecule has 0 saturated carbocycles. The molecule has 12 heteroatoms. The number of rotatable bonds is 10. The second-order valence-electron chi connectivity index (χ2n) is 11.2. The third-order valence-corrected chi connectivity index (χ3v) is 7.68. The quantitative estimate of drug-likeness (QED) is 0.137. The average molecular weight is 717 g/mol. The Morgan fingerprint density at radius 2 is 1.70 bits per heavy atom. The molecule has 1 fully saturated rings. The molecule has 234 valence electrons. The molecule has 44 heavy (non-hydrogen) atoms. The maximum absolute atomic E-state index is 13.5. The monoisotopic (exact) mass is 716 g/mol. The second-order valence-corrected chi connectivity index (χ2v) is 11.2. The van der Waals surface area contributed by atoms with Crippen LogP contribution in [0.4, 0.5) is 10.5 Å². The summed E-state index contributed by atoms with van der Waals surface area (Å²) in [5.74, 6) is 0.892. The van der Waals surface area contributed by atoms with E-state index in [1.165, 1.54) is 0 Å². The first kappa shape index (κ1) is 32.9. The number of ether oxygens (including phenoxy) is 3. The van der Waals surface area contributed by atoms with Crippen LogP contribution in [0.3, 0.4) is 0 Å². The zero-order valence-corrected chi connectivity index (χ0v) is 26.8. The number of likely N-dealkylation sites (N-methyl/N-ethyl adjacent to an activating group) is 1. The Morgan fingerprint density at radius 3 is 2.43 bits per heavy atom. The standard InChI is InChI=1S/C32H36N4O7.HI/c1-3-41-31(39)23-7-9-24(10-8-23)34-32(40)35-27(16-21-4-11-26(37)12-5-21)30(38)33-25-14-15-36(2,19-25)18-22-6-13-28-29(17-22)43-20-42-28;/h4-13,17,25,27H,3,14-16,18-20H2,1-2H3,(H3-,33,34,35,37,38,39,40);1H/t25-,27-,36?;/m0./s1. The molecule has 3 aromatic rings. The van der Waals surface area contributed by atoms with E-state index in [-0.39, 0.29) is 61.5 Å². The summed E-state index contributed by atoms with van der Waals surface area (Å²) in [4.78, 5) is 38.4. The molecular formula is C32H37IN4O7. The molecule has 0 radical (unpaired) electrons. The van der Waals surface area contributed by atoms with E-state index >= 15 is 0 Å². The van der Waals surface area contributed by atoms with Crippen LogP contribution >= 0.6 is 0 Å². The Labute approximate surface area is 273 Å². The fourth-order valence-electron chi connectivity index (χ4n) is 5.53. The fourth-order valence-corrected chi connectivity index (χ4v) is 5.53. The SMILES string of the molecule is CCOC(=O)c1ccc(NC(=O)N[C@@H](Cc2ccc(O)cc2)C(=O)N[C@H]2CC[N+](C)(Cc3ccc4c(c3)OCO4)C2)cc1.[I-]. The first-order chi connectivity index (χ1) is 20.7. The van der Waals surface area contributed by atoms with Crippen LogP contribution in [-0.2, 0) is 22.5 Å². The highest BCUT2D eigenvalue weighted by molar-refractivity contribution is 5.95. The summed E-state index contributed by atoms with van der Waals surface area (Å²) in [7, 11) is 2.17. The van der Waals surface area contributed by atoms with E-state index < -0.39 is 18.0 Å². The van der Waals surface area contributed by atoms with Crippen molar-refractivity contribution in [2.24, 2.45) is 0 Å². The van der Waals surface area contributed by atoms with Gasteiger partial charge in [0.2, 0.25) is 12.7 Å². The van der Waals surface area contributed by atoms with Gasteiger partial charge in [-0.1, -0.05) is 12.1 Å². The Bertz CT molecular complexity index is 1470. The lowest BCUT2D eigenvalue weighted by Crippen LogP contribution is -3.00. The number of amides is 3. The number of nitrogens with zero attached hydrogens (tertiary/aromatic N) is 1. The second kappa shape index (κ2) is 14.6. The molecule has 2 heterocycles. The summed E-state index contributed by atoms with van der Waals surface area (Å²) in [5.41, 5.74) is 2.75. The summed E-state index contributed by atoms with van der Waals surface area (Å²) in [6.07, 6.45) is 1.04. The highest BCUT2D eigenvalue weighted by Gasteiger charge is 2.37. The molecule has 2 aliphatic heterocycles. The van der Waals surface area contributed by atoms with Crippen LogP contribution in [-0.4, -0.2) is 73.1 Å². The number of halogens is 1. The van der Waals surface area contributed by atoms with Crippen LogP contribution < -0.4 is 49.4 Å². The van der Waals surface area contributed by atoms with Gasteiger partial charge in [-0.2, -0.15) is 0 Å². The van der Waals surface area contributed by atoms with E-state index in [0.717, 1.165) is 53.2 Å². The van der Waals surface area contributed by atoms with Gasteiger partial charge in [0.1, 0.15) is 18.3 Å². The number of quaternary nitrogens is 1. The Morgan fingerprint density at radius 1 is 1.00 bits per heavy atom. The van der Waals surface area contributed by atoms with Crippen molar-refractivity contribution in [1.82, 2.24) is 10.6 Å². The minimum atomic E-state index is -0.864. The molecule has 3 amide bonds. The van der Waals surface area contributed by atoms with Gasteiger partial charge in [-0.3, -0.25) is 4.79 Å². The zero-order valence-electron chi connectivity index (χ0n) is 24.7. The van der Waals surface area contributed by atoms with Gasteiger partial charge in [0, 0.05) is 24.1 Å². The number of carbonyl (C=O) groups is 3. The van der Waals surface area contributed by atoms with Gasteiger partial charge in [-0.05, 0) is 67.1 Å². The number of phenols is 1. The number of carbonyl (C=O) groups excluding carboxylic acids is 3. The molecule has 0 aromatic heterocycles. The number of benzene rings is 3. The van der Waals surface area contributed by atoms with Gasteiger partial charge in [0.25, 0.3) is 0 Å². The number of likely N-dealkylation sites (tertiary alicyclic amines) is 1. The zero-order chi connectivity index (χ0) is 30.4. The molecule has 3 atom stereocenters. The molecule has 2 aliphatic rings. The van der Waals surface area contributed by atoms with Crippen molar-refractivity contribution < 1.29 is 62.2 Å². The van der Waals surface area contributed by atoms with Gasteiger partial charge in [-0.25, -0.2) is 9.59 Å². The maximum atomic E-state index is 13.5. The number of urea groups is 1. The number of aromatic hydroxyl groups is 1. The van der Waals surface area contributed by atoms with Crippen molar-refractivity contribution in [2.45, 2.75) is 38.4 Å². The molecule has 1 saturated heterocycles. The van der Waals surface area contributed by atoms with Crippen molar-refractivity contribution in [2.75, 3.05) is 38.9 Å². The van der Waals surface area contributed by atoms with Gasteiger partial charge in [-0.15, -0.1) is 0 Å². The number of hydrogen-bond acceptors (Lipinski definition) is 7. The third kappa shape index (κ3) is 8.53. The third-order valence-electron chi connectivity index (χ3n) is 7.68. The summed E-state index contributed by atoms with van der Waals surface area (Å²) in [6, 6.07) is 17.4. The van der Waals surface area contributed by atoms with Crippen LogP contribution in [0, 0.1) is 0 Å². The van der Waals surface area contributed by atoms with Gasteiger partial charge in [0.05, 0.1) is 38.3 Å². The Hall–Kier alpha value is -4.04. The highest BCUT2D eigenvalue weighted by atomic mass is 127. The van der Waals surface area contributed by atoms with E-state index in [0.29, 0.717) is 11.3 Å². The molecule has 4 N–H and O–H groups in total. The summed E-state index contributed by atoms with van der Waals surface area (Å²) in [5, 5.41) is 18.4. The maximum Gasteiger partial charge on any atom is 0.338 e. The van der Waals surface area contributed by atoms with Gasteiger partial charge < -0.3 is 63.7 Å². The van der Waals surface area contributed by atoms with Crippen LogP contribution in [0.5, 0.6) is 17.2 Å². The minimum absolute atomic E-state index is 0. The van der Waals surface area contributed by atoms with E-state index in [4.69, 9.17) is 14.2 Å². The number of nitrogens with one attached hydrogen (secondary N) is 3. The summed E-state index contributed by atoms with van der Waals surface area (Å²) < 4.78 is 16.7. The molecule has 1 unspecified atom stereocenters. The molecule has 0 aliphatic carbocycles. The van der Waals surface area contributed by atoms with E-state index in [1.807, 2.05) is 18.2 Å². The topological polar surface area (TPSA) is 135 Å². The Balaban J connectivity index is 0.00000442. The van der Waals surface area contributed by atoms with Crippen LogP contribution in [0.2, 0.25) is 0 Å². The largest absolute Gasteiger partial charge is 1.00 e. The van der Waals surface area contributed by atoms with Crippen LogP contribution in [0.15, 0.2) is 66.7 Å². The number of hydrogen-bond donors (Lipinski definition) is 4. The summed E-state index contributed by atoms with van der Waals surface area (Å²) >= 11 is 0. The fraction of sp³-hybridized carbons (Fsp3) is 0.344. The number of esters is 1. The smallest absolute Gasteiger partial charge is 0.338 e. The Kier molecular flexibility index (Phi) is 10.9. The molecule has 3 aromatic carbocycles. The van der Waals surface area contributed by atoms with Crippen molar-refractivity contribution in [1.29, 1.82) is 0 Å². The van der Waals surface area contributed by atoms with Crippen molar-refractivity contribution in [3.63, 3.8) is 0 Å². The van der Waals surface area contributed by atoms with Crippen molar-refractivity contribution in [3.8, 4) is 17.2 Å². The minimum Gasteiger partial charge on any atom is -1.00 e. The molecule has 11 nitrogen and oxygen atoms in total. The number of anilines is 1. The normalized spacial score (nSPS) is 18.9. The van der Waals surface area contributed by atoms with Crippen molar-refractivity contribution >= 4 is 23.6 Å². The highest BCUT2D eigenvalue weighted by Crippen LogP contribution is 2.34. The molecule has 5 rings (SSSR count). The predicted molar refractivity (Wildman–Crippen MR) is 159 cm³/mol. The van der Waals surface area contributed by atoms with Crippen LogP contribution in [0.1, 0.15) is 34.8 Å². The molecule has 0 spiro atoms. The molecule has 0 bridgehead atoms. The number of fused-ring (bicyclic) bond motifs is 1. The molecular weight excluding hydrogens is 679 g/mol. The predicted octanol–water partition coefficient (Wildman–Crippen LogP) is 0.570. The first-order valence-corrected chi connectivity index (χ1v) is 14.3. The summed E-state index contributed by atoms with van der Waals surface area (Å²) in [6.45, 7) is 4.65. The number of phenolic OH excluding ortho intramolecular Hbond substituents is 1. The van der Waals surface area contributed by atoms with E-state index in [1.54, 1.807) is 55.5 Å². The van der Waals surface area contributed by atoms with E-state index in [2.05, 4.69) is 23.0 Å². The van der Waals surface area contributed by atoms with E-state index in [9.17, 15) is 19.5 Å².